The first kappa shape index (κ1) is 18.0. The molecule has 2 rings (SSSR count). The van der Waals surface area contributed by atoms with Crippen LogP contribution in [0.2, 0.25) is 0 Å². The smallest absolute Gasteiger partial charge is 0.220 e. The van der Waals surface area contributed by atoms with Crippen LogP contribution in [0.4, 0.5) is 0 Å². The Morgan fingerprint density at radius 2 is 1.78 bits per heavy atom. The van der Waals surface area contributed by atoms with Gasteiger partial charge < -0.3 is 5.32 Å². The van der Waals surface area contributed by atoms with E-state index in [2.05, 4.69) is 50.0 Å². The second-order valence-corrected chi connectivity index (χ2v) is 7.93. The first-order chi connectivity index (χ1) is 10.9. The molecule has 0 spiro atoms. The summed E-state index contributed by atoms with van der Waals surface area (Å²) in [5.74, 6) is 1.64. The maximum absolute atomic E-state index is 12.1. The molecule has 3 nitrogen and oxygen atoms in total. The van der Waals surface area contributed by atoms with Crippen LogP contribution in [0, 0.1) is 11.8 Å². The summed E-state index contributed by atoms with van der Waals surface area (Å²) in [6.07, 6.45) is 2.69. The summed E-state index contributed by atoms with van der Waals surface area (Å²) in [4.78, 5) is 14.7. The molecule has 1 amide bonds. The third-order valence-corrected chi connectivity index (χ3v) is 4.93. The lowest BCUT2D eigenvalue weighted by molar-refractivity contribution is -0.121. The lowest BCUT2D eigenvalue weighted by atomic mass is 9.88. The van der Waals surface area contributed by atoms with Gasteiger partial charge in [-0.25, -0.2) is 0 Å². The number of benzene rings is 1. The van der Waals surface area contributed by atoms with Crippen LogP contribution in [-0.4, -0.2) is 36.0 Å². The number of likely N-dealkylation sites (tertiary alicyclic amines) is 1. The number of carbonyl (C=O) groups excluding carboxylic acids is 1. The topological polar surface area (TPSA) is 32.3 Å². The molecule has 2 atom stereocenters. The standard InChI is InChI=1S/C20H32N2O/c1-16-12-17(2)14-22(13-16)20(3,4)15-21-19(23)11-10-18-8-6-5-7-9-18/h5-9,16-17H,10-15H2,1-4H3,(H,21,23). The van der Waals surface area contributed by atoms with Crippen molar-refractivity contribution in [3.63, 3.8) is 0 Å². The van der Waals surface area contributed by atoms with Crippen LogP contribution >= 0.6 is 0 Å². The molecule has 1 fully saturated rings. The monoisotopic (exact) mass is 316 g/mol. The molecule has 0 aliphatic carbocycles. The lowest BCUT2D eigenvalue weighted by Crippen LogP contribution is -2.56. The summed E-state index contributed by atoms with van der Waals surface area (Å²) >= 11 is 0. The first-order valence-electron chi connectivity index (χ1n) is 8.92. The van der Waals surface area contributed by atoms with E-state index in [-0.39, 0.29) is 11.4 Å². The van der Waals surface area contributed by atoms with Crippen molar-refractivity contribution >= 4 is 5.91 Å². The number of aryl methyl sites for hydroxylation is 1. The fraction of sp³-hybridized carbons (Fsp3) is 0.650. The van der Waals surface area contributed by atoms with E-state index in [4.69, 9.17) is 0 Å². The Morgan fingerprint density at radius 3 is 2.39 bits per heavy atom. The first-order valence-corrected chi connectivity index (χ1v) is 8.92. The molecule has 128 valence electrons. The Balaban J connectivity index is 1.78. The van der Waals surface area contributed by atoms with Crippen molar-refractivity contribution in [2.45, 2.75) is 52.5 Å². The summed E-state index contributed by atoms with van der Waals surface area (Å²) in [6, 6.07) is 10.2. The second kappa shape index (κ2) is 7.96. The van der Waals surface area contributed by atoms with Crippen LogP contribution in [0.25, 0.3) is 0 Å². The van der Waals surface area contributed by atoms with E-state index in [1.165, 1.54) is 12.0 Å². The SMILES string of the molecule is CC1CC(C)CN(C(C)(C)CNC(=O)CCc2ccccc2)C1. The summed E-state index contributed by atoms with van der Waals surface area (Å²) in [5, 5.41) is 3.14. The van der Waals surface area contributed by atoms with Gasteiger partial charge in [0, 0.05) is 31.6 Å². The largest absolute Gasteiger partial charge is 0.354 e. The van der Waals surface area contributed by atoms with Gasteiger partial charge in [0.25, 0.3) is 0 Å². The zero-order chi connectivity index (χ0) is 16.9. The highest BCUT2D eigenvalue weighted by Crippen LogP contribution is 2.26. The molecular weight excluding hydrogens is 284 g/mol. The van der Waals surface area contributed by atoms with Gasteiger partial charge in [-0.2, -0.15) is 0 Å². The van der Waals surface area contributed by atoms with Crippen LogP contribution in [0.1, 0.15) is 46.1 Å². The van der Waals surface area contributed by atoms with Crippen LogP contribution in [-0.2, 0) is 11.2 Å². The number of carbonyl (C=O) groups is 1. The number of piperidine rings is 1. The molecular formula is C20H32N2O. The maximum atomic E-state index is 12.1. The predicted octanol–water partition coefficient (Wildman–Crippen LogP) is 3.49. The Labute approximate surface area is 141 Å². The van der Waals surface area contributed by atoms with Gasteiger partial charge in [0.05, 0.1) is 0 Å². The van der Waals surface area contributed by atoms with Crippen LogP contribution in [0.3, 0.4) is 0 Å². The lowest BCUT2D eigenvalue weighted by Gasteiger charge is -2.45. The zero-order valence-electron chi connectivity index (χ0n) is 15.1. The molecule has 1 heterocycles. The zero-order valence-corrected chi connectivity index (χ0v) is 15.1. The van der Waals surface area contributed by atoms with E-state index in [1.807, 2.05) is 18.2 Å². The molecule has 0 aromatic heterocycles. The van der Waals surface area contributed by atoms with Gasteiger partial charge in [0.1, 0.15) is 0 Å². The molecule has 0 bridgehead atoms. The molecule has 1 aliphatic heterocycles. The summed E-state index contributed by atoms with van der Waals surface area (Å²) < 4.78 is 0. The minimum absolute atomic E-state index is 0.0192. The molecule has 1 saturated heterocycles. The molecule has 1 aromatic carbocycles. The minimum atomic E-state index is 0.0192. The van der Waals surface area contributed by atoms with Crippen LogP contribution in [0.15, 0.2) is 30.3 Å². The van der Waals surface area contributed by atoms with Crippen molar-refractivity contribution in [1.82, 2.24) is 10.2 Å². The molecule has 1 N–H and O–H groups in total. The highest BCUT2D eigenvalue weighted by atomic mass is 16.1. The van der Waals surface area contributed by atoms with Crippen LogP contribution < -0.4 is 5.32 Å². The summed E-state index contributed by atoms with van der Waals surface area (Å²) in [7, 11) is 0. The number of nitrogens with zero attached hydrogens (tertiary/aromatic N) is 1. The van der Waals surface area contributed by atoms with E-state index < -0.39 is 0 Å². The van der Waals surface area contributed by atoms with Gasteiger partial charge in [-0.3, -0.25) is 9.69 Å². The Morgan fingerprint density at radius 1 is 1.17 bits per heavy atom. The Kier molecular flexibility index (Phi) is 6.23. The predicted molar refractivity (Wildman–Crippen MR) is 96.4 cm³/mol. The van der Waals surface area contributed by atoms with Gasteiger partial charge >= 0.3 is 0 Å². The molecule has 23 heavy (non-hydrogen) atoms. The van der Waals surface area contributed by atoms with Crippen molar-refractivity contribution in [2.24, 2.45) is 11.8 Å². The number of hydrogen-bond acceptors (Lipinski definition) is 2. The number of rotatable bonds is 6. The van der Waals surface area contributed by atoms with Crippen LogP contribution in [0.5, 0.6) is 0 Å². The van der Waals surface area contributed by atoms with E-state index in [0.717, 1.165) is 37.9 Å². The molecule has 1 aromatic rings. The highest BCUT2D eigenvalue weighted by Gasteiger charge is 2.32. The van der Waals surface area contributed by atoms with E-state index in [1.54, 1.807) is 0 Å². The summed E-state index contributed by atoms with van der Waals surface area (Å²) in [6.45, 7) is 12.1. The second-order valence-electron chi connectivity index (χ2n) is 7.93. The normalized spacial score (nSPS) is 22.8. The average molecular weight is 316 g/mol. The molecule has 3 heteroatoms. The average Bonchev–Trinajstić information content (AvgIpc) is 2.51. The van der Waals surface area contributed by atoms with E-state index >= 15 is 0 Å². The molecule has 1 aliphatic rings. The van der Waals surface area contributed by atoms with Crippen molar-refractivity contribution < 1.29 is 4.79 Å². The van der Waals surface area contributed by atoms with Gasteiger partial charge in [0.2, 0.25) is 5.91 Å². The van der Waals surface area contributed by atoms with E-state index in [0.29, 0.717) is 6.42 Å². The minimum Gasteiger partial charge on any atom is -0.354 e. The molecule has 0 radical (unpaired) electrons. The quantitative estimate of drug-likeness (QED) is 0.871. The van der Waals surface area contributed by atoms with Crippen molar-refractivity contribution in [2.75, 3.05) is 19.6 Å². The van der Waals surface area contributed by atoms with Gasteiger partial charge in [0.15, 0.2) is 0 Å². The Hall–Kier alpha value is -1.35. The van der Waals surface area contributed by atoms with Crippen molar-refractivity contribution in [1.29, 1.82) is 0 Å². The molecule has 2 unspecified atom stereocenters. The third-order valence-electron chi connectivity index (χ3n) is 4.93. The maximum Gasteiger partial charge on any atom is 0.220 e. The van der Waals surface area contributed by atoms with E-state index in [9.17, 15) is 4.79 Å². The highest BCUT2D eigenvalue weighted by molar-refractivity contribution is 5.76. The Bertz CT molecular complexity index is 488. The molecule has 0 saturated carbocycles. The van der Waals surface area contributed by atoms with Crippen molar-refractivity contribution in [3.05, 3.63) is 35.9 Å². The third kappa shape index (κ3) is 5.65. The number of nitrogens with one attached hydrogen (secondary N) is 1. The van der Waals surface area contributed by atoms with Gasteiger partial charge in [-0.1, -0.05) is 44.2 Å². The fourth-order valence-electron chi connectivity index (χ4n) is 3.57. The number of amides is 1. The van der Waals surface area contributed by atoms with Gasteiger partial charge in [-0.15, -0.1) is 0 Å². The van der Waals surface area contributed by atoms with Crippen molar-refractivity contribution in [3.8, 4) is 0 Å². The fourth-order valence-corrected chi connectivity index (χ4v) is 3.57. The number of hydrogen-bond donors (Lipinski definition) is 1. The van der Waals surface area contributed by atoms with Gasteiger partial charge in [-0.05, 0) is 44.1 Å². The summed E-state index contributed by atoms with van der Waals surface area (Å²) in [5.41, 5.74) is 1.24.